The lowest BCUT2D eigenvalue weighted by Gasteiger charge is -2.37. The van der Waals surface area contributed by atoms with Gasteiger partial charge in [-0.3, -0.25) is 4.79 Å². The van der Waals surface area contributed by atoms with Crippen LogP contribution < -0.4 is 0 Å². The first-order valence-electron chi connectivity index (χ1n) is 8.35. The number of ether oxygens (including phenoxy) is 3. The highest BCUT2D eigenvalue weighted by Crippen LogP contribution is 2.43. The first-order chi connectivity index (χ1) is 11.9. The van der Waals surface area contributed by atoms with Gasteiger partial charge >= 0.3 is 5.97 Å². The minimum atomic E-state index is -1.21. The zero-order chi connectivity index (χ0) is 18.4. The highest BCUT2D eigenvalue weighted by molar-refractivity contribution is 6.23. The van der Waals surface area contributed by atoms with Crippen LogP contribution in [0.1, 0.15) is 40.0 Å². The zero-order valence-electron chi connectivity index (χ0n) is 14.7. The summed E-state index contributed by atoms with van der Waals surface area (Å²) in [4.78, 5) is 11.8. The summed E-state index contributed by atoms with van der Waals surface area (Å²) in [5.41, 5.74) is 0. The molecular weight excluding hydrogens is 344 g/mol. The van der Waals surface area contributed by atoms with Crippen molar-refractivity contribution in [2.75, 3.05) is 6.61 Å². The van der Waals surface area contributed by atoms with Crippen LogP contribution in [-0.2, 0) is 19.0 Å². The molecule has 136 valence electrons. The van der Waals surface area contributed by atoms with Gasteiger partial charge in [-0.15, -0.1) is 11.6 Å². The van der Waals surface area contributed by atoms with E-state index < -0.39 is 17.3 Å². The van der Waals surface area contributed by atoms with E-state index in [1.165, 1.54) is 6.08 Å². The lowest BCUT2D eigenvalue weighted by molar-refractivity contribution is -0.271. The van der Waals surface area contributed by atoms with Crippen molar-refractivity contribution in [3.63, 3.8) is 0 Å². The van der Waals surface area contributed by atoms with E-state index in [-0.39, 0.29) is 24.6 Å². The number of hydrogen-bond acceptors (Lipinski definition) is 5. The molecule has 1 spiro atoms. The normalized spacial score (nSPS) is 32.6. The summed E-state index contributed by atoms with van der Waals surface area (Å²) in [5, 5.41) is 9.68. The molecule has 2 aliphatic rings. The van der Waals surface area contributed by atoms with E-state index >= 15 is 0 Å². The molecule has 2 saturated heterocycles. The second-order valence-corrected chi connectivity index (χ2v) is 6.98. The molecule has 2 fully saturated rings. The molecule has 6 heteroatoms. The van der Waals surface area contributed by atoms with Gasteiger partial charge in [0.2, 0.25) is 5.79 Å². The summed E-state index contributed by atoms with van der Waals surface area (Å²) in [5.74, 6) is 9.77. The third-order valence-corrected chi connectivity index (χ3v) is 4.42. The molecule has 0 saturated carbocycles. The minimum absolute atomic E-state index is 0.158. The molecule has 25 heavy (non-hydrogen) atoms. The Hall–Kier alpha value is -1.66. The van der Waals surface area contributed by atoms with Crippen LogP contribution in [0.15, 0.2) is 11.8 Å². The Morgan fingerprint density at radius 3 is 2.88 bits per heavy atom. The summed E-state index contributed by atoms with van der Waals surface area (Å²) < 4.78 is 16.9. The average molecular weight is 367 g/mol. The van der Waals surface area contributed by atoms with Crippen molar-refractivity contribution in [3.05, 3.63) is 11.8 Å². The number of hydrogen-bond donors (Lipinski definition) is 1. The number of carbonyl (C=O) groups is 1. The molecule has 0 unspecified atom stereocenters. The molecular formula is C19H23ClO5. The Morgan fingerprint density at radius 1 is 1.52 bits per heavy atom. The van der Waals surface area contributed by atoms with E-state index in [2.05, 4.69) is 23.7 Å². The topological polar surface area (TPSA) is 65.0 Å². The van der Waals surface area contributed by atoms with Crippen LogP contribution in [0.3, 0.4) is 0 Å². The smallest absolute Gasteiger partial charge is 0.306 e. The fraction of sp³-hybridized carbons (Fsp3) is 0.632. The number of aliphatic hydroxyl groups excluding tert-OH is 1. The van der Waals surface area contributed by atoms with Gasteiger partial charge in [0.05, 0.1) is 6.61 Å². The number of allylic oxidation sites excluding steroid dienone is 1. The van der Waals surface area contributed by atoms with Gasteiger partial charge in [-0.25, -0.2) is 0 Å². The van der Waals surface area contributed by atoms with E-state index in [9.17, 15) is 9.90 Å². The van der Waals surface area contributed by atoms with Gasteiger partial charge in [0, 0.05) is 18.9 Å². The summed E-state index contributed by atoms with van der Waals surface area (Å²) in [6.07, 6.45) is 1.41. The first-order valence-corrected chi connectivity index (χ1v) is 8.78. The van der Waals surface area contributed by atoms with Crippen molar-refractivity contribution in [1.82, 2.24) is 0 Å². The fourth-order valence-electron chi connectivity index (χ4n) is 2.74. The number of carbonyl (C=O) groups excluding carboxylic acids is 1. The number of rotatable bonds is 3. The molecule has 5 nitrogen and oxygen atoms in total. The van der Waals surface area contributed by atoms with E-state index in [4.69, 9.17) is 25.8 Å². The number of esters is 1. The highest BCUT2D eigenvalue weighted by Gasteiger charge is 2.55. The van der Waals surface area contributed by atoms with Crippen molar-refractivity contribution >= 4 is 17.6 Å². The number of aliphatic hydroxyl groups is 1. The highest BCUT2D eigenvalue weighted by atomic mass is 35.5. The van der Waals surface area contributed by atoms with Crippen LogP contribution in [0.25, 0.3) is 0 Å². The molecule has 0 aromatic rings. The summed E-state index contributed by atoms with van der Waals surface area (Å²) in [6.45, 7) is 5.77. The quantitative estimate of drug-likeness (QED) is 0.472. The van der Waals surface area contributed by atoms with Crippen molar-refractivity contribution in [1.29, 1.82) is 0 Å². The summed E-state index contributed by atoms with van der Waals surface area (Å²) >= 11 is 6.23. The molecule has 1 N–H and O–H groups in total. The fourth-order valence-corrected chi connectivity index (χ4v) is 3.03. The van der Waals surface area contributed by atoms with E-state index in [1.807, 2.05) is 13.8 Å². The lowest BCUT2D eigenvalue weighted by atomic mass is 9.98. The summed E-state index contributed by atoms with van der Waals surface area (Å²) in [6, 6.07) is 0. The van der Waals surface area contributed by atoms with E-state index in [0.29, 0.717) is 25.0 Å². The van der Waals surface area contributed by atoms with Crippen molar-refractivity contribution in [2.24, 2.45) is 5.92 Å². The van der Waals surface area contributed by atoms with Gasteiger partial charge in [0.1, 0.15) is 23.3 Å². The molecule has 0 aromatic heterocycles. The number of halogens is 1. The predicted octanol–water partition coefficient (Wildman–Crippen LogP) is 2.36. The minimum Gasteiger partial charge on any atom is -0.461 e. The van der Waals surface area contributed by atoms with Gasteiger partial charge in [-0.1, -0.05) is 25.7 Å². The zero-order valence-corrected chi connectivity index (χ0v) is 15.4. The average Bonchev–Trinajstić information content (AvgIpc) is 2.78. The van der Waals surface area contributed by atoms with Crippen LogP contribution in [0.4, 0.5) is 0 Å². The first kappa shape index (κ1) is 19.7. The monoisotopic (exact) mass is 366 g/mol. The van der Waals surface area contributed by atoms with Gasteiger partial charge in [-0.2, -0.15) is 0 Å². The maximum Gasteiger partial charge on any atom is 0.306 e. The van der Waals surface area contributed by atoms with Crippen molar-refractivity contribution < 1.29 is 24.1 Å². The number of alkyl halides is 1. The second-order valence-electron chi connectivity index (χ2n) is 6.51. The van der Waals surface area contributed by atoms with Crippen molar-refractivity contribution in [3.8, 4) is 23.7 Å². The van der Waals surface area contributed by atoms with Gasteiger partial charge in [0.25, 0.3) is 0 Å². The maximum absolute atomic E-state index is 11.8. The molecule has 0 radical (unpaired) electrons. The maximum atomic E-state index is 11.8. The molecule has 2 aliphatic heterocycles. The van der Waals surface area contributed by atoms with Gasteiger partial charge in [0.15, 0.2) is 0 Å². The predicted molar refractivity (Wildman–Crippen MR) is 93.3 cm³/mol. The molecule has 0 aromatic carbocycles. The van der Waals surface area contributed by atoms with Gasteiger partial charge in [-0.05, 0) is 31.1 Å². The third-order valence-electron chi connectivity index (χ3n) is 3.97. The van der Waals surface area contributed by atoms with Crippen LogP contribution in [0, 0.1) is 29.6 Å². The van der Waals surface area contributed by atoms with E-state index in [1.54, 1.807) is 6.92 Å². The SMILES string of the molecule is CC#CC#C/C=C1/O[C@@]2(CC[C@@H](OC(=O)CC(C)C)CO2)[C@H](O)[C@H]1Cl. The third kappa shape index (κ3) is 4.92. The van der Waals surface area contributed by atoms with E-state index in [0.717, 1.165) is 0 Å². The Morgan fingerprint density at radius 2 is 2.28 bits per heavy atom. The van der Waals surface area contributed by atoms with Crippen LogP contribution in [0.2, 0.25) is 0 Å². The Balaban J connectivity index is 1.96. The molecule has 0 amide bonds. The standard InChI is InChI=1S/C19H23ClO5/c1-4-5-6-7-8-15-17(20)18(22)19(25-15)10-9-14(12-23-19)24-16(21)11-13(2)3/h8,13-14,17-18,22H,9-12H2,1-3H3/b15-8+/t14-,17+,18-,19+/m1/s1. The van der Waals surface area contributed by atoms with Gasteiger partial charge < -0.3 is 19.3 Å². The molecule has 2 heterocycles. The Labute approximate surface area is 153 Å². The molecule has 4 atom stereocenters. The van der Waals surface area contributed by atoms with Crippen LogP contribution in [-0.4, -0.2) is 41.1 Å². The van der Waals surface area contributed by atoms with Crippen LogP contribution >= 0.6 is 11.6 Å². The molecule has 0 aliphatic carbocycles. The van der Waals surface area contributed by atoms with Crippen molar-refractivity contribution in [2.45, 2.75) is 63.4 Å². The lowest BCUT2D eigenvalue weighted by Crippen LogP contribution is -2.50. The van der Waals surface area contributed by atoms with Crippen LogP contribution in [0.5, 0.6) is 0 Å². The Bertz CT molecular complexity index is 638. The Kier molecular flexibility index (Phi) is 6.79. The largest absolute Gasteiger partial charge is 0.461 e. The molecule has 0 bridgehead atoms. The molecule has 2 rings (SSSR count). The second kappa shape index (κ2) is 8.63. The summed E-state index contributed by atoms with van der Waals surface area (Å²) in [7, 11) is 0.